The highest BCUT2D eigenvalue weighted by molar-refractivity contribution is 7.90. The molecular formula is C23H16ClF2N5O2S. The smallest absolute Gasteiger partial charge is 0.184 e. The minimum Gasteiger partial charge on any atom is -0.343 e. The summed E-state index contributed by atoms with van der Waals surface area (Å²) in [7, 11) is -4.06. The summed E-state index contributed by atoms with van der Waals surface area (Å²) in [4.78, 5) is 10.7. The van der Waals surface area contributed by atoms with Gasteiger partial charge in [0.25, 0.3) is 0 Å². The van der Waals surface area contributed by atoms with Crippen LogP contribution in [-0.4, -0.2) is 33.6 Å². The Morgan fingerprint density at radius 2 is 1.91 bits per heavy atom. The SMILES string of the molecule is Cc1ncc(F)cc1S(=O)(=O)Cc1cccc(-c2ccc3c(-c4ncc[nH]4)[nH]nc3c2Cl)c1F. The van der Waals surface area contributed by atoms with Gasteiger partial charge in [-0.15, -0.1) is 0 Å². The molecule has 0 saturated carbocycles. The van der Waals surface area contributed by atoms with Crippen molar-refractivity contribution >= 4 is 32.3 Å². The molecule has 3 heterocycles. The average molecular weight is 500 g/mol. The largest absolute Gasteiger partial charge is 0.343 e. The summed E-state index contributed by atoms with van der Waals surface area (Å²) in [5.41, 5.74) is 1.59. The Balaban J connectivity index is 1.57. The molecule has 0 atom stereocenters. The highest BCUT2D eigenvalue weighted by Gasteiger charge is 2.24. The molecule has 5 aromatic rings. The molecule has 0 spiro atoms. The molecule has 3 aromatic heterocycles. The average Bonchev–Trinajstić information content (AvgIpc) is 3.47. The van der Waals surface area contributed by atoms with Crippen molar-refractivity contribution in [2.45, 2.75) is 17.6 Å². The maximum absolute atomic E-state index is 15.5. The van der Waals surface area contributed by atoms with Gasteiger partial charge < -0.3 is 4.98 Å². The fraction of sp³-hybridized carbons (Fsp3) is 0.0870. The number of hydrogen-bond donors (Lipinski definition) is 2. The van der Waals surface area contributed by atoms with Crippen LogP contribution in [0, 0.1) is 18.6 Å². The normalized spacial score (nSPS) is 11.9. The van der Waals surface area contributed by atoms with Crippen molar-refractivity contribution in [3.8, 4) is 22.6 Å². The number of nitrogens with one attached hydrogen (secondary N) is 2. The first-order valence-electron chi connectivity index (χ1n) is 10.1. The number of H-pyrrole nitrogens is 2. The van der Waals surface area contributed by atoms with E-state index in [1.54, 1.807) is 30.6 Å². The number of rotatable bonds is 5. The Morgan fingerprint density at radius 1 is 1.09 bits per heavy atom. The molecule has 2 aromatic carbocycles. The molecule has 0 aliphatic heterocycles. The molecule has 0 amide bonds. The molecule has 0 saturated heterocycles. The molecule has 0 fully saturated rings. The van der Waals surface area contributed by atoms with E-state index in [4.69, 9.17) is 11.6 Å². The number of imidazole rings is 1. The zero-order valence-electron chi connectivity index (χ0n) is 17.6. The van der Waals surface area contributed by atoms with Crippen molar-refractivity contribution in [2.24, 2.45) is 0 Å². The molecule has 0 bridgehead atoms. The van der Waals surface area contributed by atoms with Gasteiger partial charge in [-0.3, -0.25) is 10.1 Å². The molecule has 0 radical (unpaired) electrons. The number of pyridine rings is 1. The first kappa shape index (κ1) is 22.2. The van der Waals surface area contributed by atoms with Crippen molar-refractivity contribution in [1.29, 1.82) is 0 Å². The van der Waals surface area contributed by atoms with E-state index in [-0.39, 0.29) is 26.7 Å². The number of sulfone groups is 1. The molecule has 0 unspecified atom stereocenters. The van der Waals surface area contributed by atoms with E-state index in [2.05, 4.69) is 25.1 Å². The van der Waals surface area contributed by atoms with Gasteiger partial charge in [-0.05, 0) is 19.1 Å². The van der Waals surface area contributed by atoms with Crippen molar-refractivity contribution in [3.05, 3.63) is 82.9 Å². The number of hydrogen-bond acceptors (Lipinski definition) is 5. The summed E-state index contributed by atoms with van der Waals surface area (Å²) < 4.78 is 55.0. The zero-order valence-corrected chi connectivity index (χ0v) is 19.2. The molecule has 7 nitrogen and oxygen atoms in total. The summed E-state index contributed by atoms with van der Waals surface area (Å²) in [6.45, 7) is 1.45. The molecule has 11 heteroatoms. The summed E-state index contributed by atoms with van der Waals surface area (Å²) in [6.07, 6.45) is 4.21. The van der Waals surface area contributed by atoms with Crippen molar-refractivity contribution in [1.82, 2.24) is 25.1 Å². The Morgan fingerprint density at radius 3 is 2.68 bits per heavy atom. The van der Waals surface area contributed by atoms with Crippen molar-refractivity contribution in [2.75, 3.05) is 0 Å². The van der Waals surface area contributed by atoms with Gasteiger partial charge in [-0.1, -0.05) is 35.9 Å². The van der Waals surface area contributed by atoms with Gasteiger partial charge in [0.1, 0.15) is 22.8 Å². The lowest BCUT2D eigenvalue weighted by Gasteiger charge is -2.12. The Labute approximate surface area is 197 Å². The number of nitrogens with zero attached hydrogens (tertiary/aromatic N) is 3. The van der Waals surface area contributed by atoms with Gasteiger partial charge in [-0.2, -0.15) is 5.10 Å². The van der Waals surface area contributed by atoms with Crippen LogP contribution in [0.15, 0.2) is 59.9 Å². The van der Waals surface area contributed by atoms with Crippen LogP contribution in [0.5, 0.6) is 0 Å². The highest BCUT2D eigenvalue weighted by Crippen LogP contribution is 2.38. The van der Waals surface area contributed by atoms with Crippen LogP contribution in [0.4, 0.5) is 8.78 Å². The first-order valence-corrected chi connectivity index (χ1v) is 12.1. The van der Waals surface area contributed by atoms with Crippen LogP contribution in [-0.2, 0) is 15.6 Å². The number of aryl methyl sites for hydroxylation is 1. The number of halogens is 3. The highest BCUT2D eigenvalue weighted by atomic mass is 35.5. The molecule has 0 aliphatic carbocycles. The summed E-state index contributed by atoms with van der Waals surface area (Å²) >= 11 is 6.59. The maximum Gasteiger partial charge on any atom is 0.184 e. The molecule has 2 N–H and O–H groups in total. The van der Waals surface area contributed by atoms with E-state index in [1.165, 1.54) is 19.1 Å². The molecule has 5 rings (SSSR count). The van der Waals surface area contributed by atoms with Gasteiger partial charge in [0.05, 0.1) is 27.6 Å². The number of fused-ring (bicyclic) bond motifs is 1. The fourth-order valence-electron chi connectivity index (χ4n) is 3.82. The first-order chi connectivity index (χ1) is 16.3. The predicted molar refractivity (Wildman–Crippen MR) is 124 cm³/mol. The van der Waals surface area contributed by atoms with E-state index in [0.29, 0.717) is 28.0 Å². The monoisotopic (exact) mass is 499 g/mol. The third-order valence-corrected chi connectivity index (χ3v) is 7.61. The summed E-state index contributed by atoms with van der Waals surface area (Å²) in [5.74, 6) is -1.61. The van der Waals surface area contributed by atoms with E-state index in [1.807, 2.05) is 0 Å². The minimum atomic E-state index is -4.06. The van der Waals surface area contributed by atoms with Crippen LogP contribution in [0.25, 0.3) is 33.5 Å². The van der Waals surface area contributed by atoms with Gasteiger partial charge in [0, 0.05) is 34.5 Å². The van der Waals surface area contributed by atoms with Crippen molar-refractivity contribution < 1.29 is 17.2 Å². The molecule has 34 heavy (non-hydrogen) atoms. The number of benzene rings is 2. The second-order valence-corrected chi connectivity index (χ2v) is 9.97. The topological polar surface area (TPSA) is 104 Å². The lowest BCUT2D eigenvalue weighted by molar-refractivity contribution is 0.580. The lowest BCUT2D eigenvalue weighted by Crippen LogP contribution is -2.10. The van der Waals surface area contributed by atoms with Crippen LogP contribution in [0.3, 0.4) is 0 Å². The third kappa shape index (κ3) is 3.74. The minimum absolute atomic E-state index is 0.0735. The van der Waals surface area contributed by atoms with Gasteiger partial charge in [-0.25, -0.2) is 22.2 Å². The lowest BCUT2D eigenvalue weighted by atomic mass is 10.0. The standard InChI is InChI=1S/C23H16ClF2N5O2S/c1-12-18(9-14(25)10-29-12)34(32,33)11-13-3-2-4-16(20(13)26)15-5-6-17-21(19(15)24)30-31-22(17)23-27-7-8-28-23/h2-10H,11H2,1H3,(H,27,28)(H,30,31). The van der Waals surface area contributed by atoms with Gasteiger partial charge in [0.2, 0.25) is 0 Å². The van der Waals surface area contributed by atoms with Crippen molar-refractivity contribution in [3.63, 3.8) is 0 Å². The number of aromatic nitrogens is 5. The Hall–Kier alpha value is -3.63. The summed E-state index contributed by atoms with van der Waals surface area (Å²) in [6, 6.07) is 8.69. The molecule has 172 valence electrons. The zero-order chi connectivity index (χ0) is 24.0. The Bertz CT molecular complexity index is 1650. The second kappa shape index (κ2) is 8.30. The number of aromatic amines is 2. The quantitative estimate of drug-likeness (QED) is 0.344. The van der Waals surface area contributed by atoms with Crippen LogP contribution in [0.2, 0.25) is 5.02 Å². The second-order valence-electron chi connectivity index (χ2n) is 7.63. The van der Waals surface area contributed by atoms with Gasteiger partial charge >= 0.3 is 0 Å². The van der Waals surface area contributed by atoms with Crippen LogP contribution < -0.4 is 0 Å². The van der Waals surface area contributed by atoms with Crippen LogP contribution in [0.1, 0.15) is 11.3 Å². The fourth-order valence-corrected chi connectivity index (χ4v) is 5.72. The van der Waals surface area contributed by atoms with E-state index >= 15 is 4.39 Å². The third-order valence-electron chi connectivity index (χ3n) is 5.46. The maximum atomic E-state index is 15.5. The molecular weight excluding hydrogens is 484 g/mol. The summed E-state index contributed by atoms with van der Waals surface area (Å²) in [5, 5.41) is 8.03. The molecule has 0 aliphatic rings. The predicted octanol–water partition coefficient (Wildman–Crippen LogP) is 5.23. The van der Waals surface area contributed by atoms with Crippen LogP contribution >= 0.6 is 11.6 Å². The van der Waals surface area contributed by atoms with E-state index in [0.717, 1.165) is 12.3 Å². The van der Waals surface area contributed by atoms with E-state index < -0.39 is 27.2 Å². The van der Waals surface area contributed by atoms with E-state index in [9.17, 15) is 12.8 Å². The van der Waals surface area contributed by atoms with Gasteiger partial charge in [0.15, 0.2) is 15.7 Å². The Kier molecular flexibility index (Phi) is 5.41.